The number of carbonyl (C=O) groups is 1. The van der Waals surface area contributed by atoms with Crippen molar-refractivity contribution in [3.8, 4) is 0 Å². The molecule has 0 aromatic rings. The van der Waals surface area contributed by atoms with Crippen molar-refractivity contribution in [1.29, 1.82) is 0 Å². The van der Waals surface area contributed by atoms with Crippen LogP contribution in [0, 0.1) is 5.92 Å². The van der Waals surface area contributed by atoms with Gasteiger partial charge in [0.2, 0.25) is 0 Å². The molecule has 15 heavy (non-hydrogen) atoms. The molecule has 88 valence electrons. The Labute approximate surface area is 91.8 Å². The molecule has 1 amide bonds. The molecule has 4 nitrogen and oxygen atoms in total. The summed E-state index contributed by atoms with van der Waals surface area (Å²) in [6.45, 7) is 7.40. The van der Waals surface area contributed by atoms with E-state index < -0.39 is 0 Å². The molecule has 1 unspecified atom stereocenters. The number of rotatable bonds is 7. The molecule has 0 spiro atoms. The number of hydrogen-bond acceptors (Lipinski definition) is 3. The molecule has 0 aromatic carbocycles. The van der Waals surface area contributed by atoms with Crippen molar-refractivity contribution >= 4 is 6.09 Å². The number of amides is 1. The van der Waals surface area contributed by atoms with E-state index in [2.05, 4.69) is 6.58 Å². The summed E-state index contributed by atoms with van der Waals surface area (Å²) in [5, 5.41) is 0. The van der Waals surface area contributed by atoms with Gasteiger partial charge in [0, 0.05) is 26.6 Å². The summed E-state index contributed by atoms with van der Waals surface area (Å²) >= 11 is 0. The number of ether oxygens (including phenoxy) is 2. The first-order valence-electron chi connectivity index (χ1n) is 5.16. The lowest BCUT2D eigenvalue weighted by Gasteiger charge is -2.14. The van der Waals surface area contributed by atoms with Gasteiger partial charge in [-0.25, -0.2) is 4.79 Å². The molecule has 0 radical (unpaired) electrons. The predicted molar refractivity (Wildman–Crippen MR) is 59.8 cm³/mol. The third-order valence-corrected chi connectivity index (χ3v) is 1.95. The van der Waals surface area contributed by atoms with E-state index >= 15 is 0 Å². The molecule has 0 saturated carbocycles. The van der Waals surface area contributed by atoms with Crippen LogP contribution < -0.4 is 0 Å². The summed E-state index contributed by atoms with van der Waals surface area (Å²) in [6.07, 6.45) is 2.27. The molecule has 0 rings (SSSR count). The third-order valence-electron chi connectivity index (χ3n) is 1.95. The molecule has 4 heteroatoms. The number of nitrogens with zero attached hydrogens (tertiary/aromatic N) is 1. The van der Waals surface area contributed by atoms with Crippen molar-refractivity contribution in [2.75, 3.05) is 33.9 Å². The molecular formula is C11H21NO3. The Morgan fingerprint density at radius 3 is 2.67 bits per heavy atom. The highest BCUT2D eigenvalue weighted by atomic mass is 16.6. The molecule has 1 atom stereocenters. The first kappa shape index (κ1) is 14.0. The summed E-state index contributed by atoms with van der Waals surface area (Å²) in [5.41, 5.74) is 0. The van der Waals surface area contributed by atoms with Gasteiger partial charge < -0.3 is 14.4 Å². The maximum absolute atomic E-state index is 11.1. The summed E-state index contributed by atoms with van der Waals surface area (Å²) in [4.78, 5) is 12.5. The van der Waals surface area contributed by atoms with Crippen LogP contribution in [0.1, 0.15) is 13.3 Å². The summed E-state index contributed by atoms with van der Waals surface area (Å²) < 4.78 is 10.3. The van der Waals surface area contributed by atoms with E-state index in [9.17, 15) is 4.79 Å². The minimum atomic E-state index is -0.311. The molecular weight excluding hydrogens is 194 g/mol. The summed E-state index contributed by atoms with van der Waals surface area (Å²) in [7, 11) is 3.32. The van der Waals surface area contributed by atoms with Crippen LogP contribution in [0.3, 0.4) is 0 Å². The van der Waals surface area contributed by atoms with Crippen LogP contribution in [0.2, 0.25) is 0 Å². The maximum Gasteiger partial charge on any atom is 0.409 e. The van der Waals surface area contributed by atoms with Crippen molar-refractivity contribution in [1.82, 2.24) is 4.90 Å². The van der Waals surface area contributed by atoms with E-state index in [-0.39, 0.29) is 12.0 Å². The van der Waals surface area contributed by atoms with Gasteiger partial charge in [-0.2, -0.15) is 0 Å². The molecule has 0 N–H and O–H groups in total. The van der Waals surface area contributed by atoms with Crippen molar-refractivity contribution in [2.24, 2.45) is 5.92 Å². The minimum absolute atomic E-state index is 0.250. The molecule has 0 aromatic heterocycles. The van der Waals surface area contributed by atoms with Crippen LogP contribution in [-0.2, 0) is 9.47 Å². The quantitative estimate of drug-likeness (QED) is 0.609. The Kier molecular flexibility index (Phi) is 7.72. The smallest absolute Gasteiger partial charge is 0.409 e. The average Bonchev–Trinajstić information content (AvgIpc) is 2.22. The van der Waals surface area contributed by atoms with E-state index in [1.165, 1.54) is 4.90 Å². The Morgan fingerprint density at radius 2 is 2.20 bits per heavy atom. The third kappa shape index (κ3) is 6.96. The van der Waals surface area contributed by atoms with Crippen LogP contribution in [0.15, 0.2) is 12.7 Å². The van der Waals surface area contributed by atoms with E-state index in [0.717, 1.165) is 6.42 Å². The van der Waals surface area contributed by atoms with Crippen LogP contribution in [-0.4, -0.2) is 44.9 Å². The zero-order valence-corrected chi connectivity index (χ0v) is 9.86. The van der Waals surface area contributed by atoms with Crippen molar-refractivity contribution in [3.63, 3.8) is 0 Å². The van der Waals surface area contributed by atoms with Gasteiger partial charge in [-0.15, -0.1) is 6.58 Å². The summed E-state index contributed by atoms with van der Waals surface area (Å²) in [6, 6.07) is 0. The van der Waals surface area contributed by atoms with Gasteiger partial charge in [-0.05, 0) is 13.3 Å². The Morgan fingerprint density at radius 1 is 1.53 bits per heavy atom. The Bertz CT molecular complexity index is 192. The Hall–Kier alpha value is -1.03. The maximum atomic E-state index is 11.1. The van der Waals surface area contributed by atoms with Gasteiger partial charge in [-0.1, -0.05) is 6.08 Å². The molecule has 0 heterocycles. The highest BCUT2D eigenvalue weighted by Gasteiger charge is 2.08. The summed E-state index contributed by atoms with van der Waals surface area (Å²) in [5.74, 6) is 0.250. The first-order valence-corrected chi connectivity index (χ1v) is 5.16. The zero-order chi connectivity index (χ0) is 11.7. The van der Waals surface area contributed by atoms with Crippen LogP contribution in [0.25, 0.3) is 0 Å². The topological polar surface area (TPSA) is 38.8 Å². The Balaban J connectivity index is 3.62. The number of carbonyl (C=O) groups excluding carboxylic acids is 1. The van der Waals surface area contributed by atoms with Gasteiger partial charge in [0.25, 0.3) is 0 Å². The van der Waals surface area contributed by atoms with E-state index in [1.54, 1.807) is 14.1 Å². The van der Waals surface area contributed by atoms with Crippen molar-refractivity contribution < 1.29 is 14.3 Å². The van der Waals surface area contributed by atoms with Crippen molar-refractivity contribution in [3.05, 3.63) is 12.7 Å². The number of hydrogen-bond donors (Lipinski definition) is 0. The van der Waals surface area contributed by atoms with Crippen LogP contribution in [0.4, 0.5) is 4.79 Å². The van der Waals surface area contributed by atoms with Gasteiger partial charge >= 0.3 is 6.09 Å². The fraction of sp³-hybridized carbons (Fsp3) is 0.727. The van der Waals surface area contributed by atoms with Gasteiger partial charge in [0.1, 0.15) is 0 Å². The fourth-order valence-electron chi connectivity index (χ4n) is 0.965. The average molecular weight is 215 g/mol. The van der Waals surface area contributed by atoms with Gasteiger partial charge in [0.15, 0.2) is 0 Å². The lowest BCUT2D eigenvalue weighted by atomic mass is 10.1. The predicted octanol–water partition coefficient (Wildman–Crippen LogP) is 1.91. The molecule has 0 aliphatic rings. The van der Waals surface area contributed by atoms with Crippen LogP contribution >= 0.6 is 0 Å². The van der Waals surface area contributed by atoms with E-state index in [0.29, 0.717) is 19.8 Å². The largest absolute Gasteiger partial charge is 0.449 e. The lowest BCUT2D eigenvalue weighted by molar-refractivity contribution is 0.0928. The fourth-order valence-corrected chi connectivity index (χ4v) is 0.965. The molecule has 0 bridgehead atoms. The minimum Gasteiger partial charge on any atom is -0.449 e. The zero-order valence-electron chi connectivity index (χ0n) is 9.86. The van der Waals surface area contributed by atoms with Crippen LogP contribution in [0.5, 0.6) is 0 Å². The lowest BCUT2D eigenvalue weighted by Crippen LogP contribution is -2.24. The SMILES string of the molecule is C=CC(CCOC(=O)N(C)C)COCC. The second-order valence-electron chi connectivity index (χ2n) is 3.45. The highest BCUT2D eigenvalue weighted by Crippen LogP contribution is 2.05. The second kappa shape index (κ2) is 8.29. The van der Waals surface area contributed by atoms with Gasteiger partial charge in [0.05, 0.1) is 13.2 Å². The highest BCUT2D eigenvalue weighted by molar-refractivity contribution is 5.66. The normalized spacial score (nSPS) is 11.9. The van der Waals surface area contributed by atoms with Gasteiger partial charge in [-0.3, -0.25) is 0 Å². The van der Waals surface area contributed by atoms with E-state index in [4.69, 9.17) is 9.47 Å². The molecule has 0 fully saturated rings. The van der Waals surface area contributed by atoms with E-state index in [1.807, 2.05) is 13.0 Å². The molecule has 0 aliphatic carbocycles. The first-order chi connectivity index (χ1) is 7.11. The molecule has 0 saturated heterocycles. The standard InChI is InChI=1S/C11H21NO3/c1-5-10(9-14-6-2)7-8-15-11(13)12(3)4/h5,10H,1,6-9H2,2-4H3. The monoisotopic (exact) mass is 215 g/mol. The van der Waals surface area contributed by atoms with Crippen molar-refractivity contribution in [2.45, 2.75) is 13.3 Å². The molecule has 0 aliphatic heterocycles. The second-order valence-corrected chi connectivity index (χ2v) is 3.45.